The zero-order valence-electron chi connectivity index (χ0n) is 36.0. The summed E-state index contributed by atoms with van der Waals surface area (Å²) in [6, 6.07) is 79.9. The van der Waals surface area contributed by atoms with Crippen LogP contribution in [0.15, 0.2) is 231 Å². The Labute approximate surface area is 385 Å². The number of hydrogen-bond acceptors (Lipinski definition) is 5. The SMILES string of the molecule is c1ccc(-c2nc(-c3ccccc3)nc(-c3cccc(-n4c5ccccc5c5c(-c6nnc(-c7ccc8c(c7)c7ccccc7n8-c7ccccc7)n6-c6ccccc6)cccc54)c3)n2)cc1. The molecule has 0 aliphatic rings. The highest BCUT2D eigenvalue weighted by Gasteiger charge is 2.24. The summed E-state index contributed by atoms with van der Waals surface area (Å²) in [5, 5.41) is 14.6. The van der Waals surface area contributed by atoms with Gasteiger partial charge in [-0.2, -0.15) is 0 Å². The second-order valence-corrected chi connectivity index (χ2v) is 16.6. The maximum absolute atomic E-state index is 5.07. The Bertz CT molecular complexity index is 3910. The zero-order chi connectivity index (χ0) is 44.3. The van der Waals surface area contributed by atoms with Gasteiger partial charge in [-0.3, -0.25) is 4.57 Å². The van der Waals surface area contributed by atoms with Gasteiger partial charge in [-0.15, -0.1) is 10.2 Å². The van der Waals surface area contributed by atoms with E-state index in [-0.39, 0.29) is 0 Å². The first kappa shape index (κ1) is 38.2. The van der Waals surface area contributed by atoms with Crippen LogP contribution in [-0.2, 0) is 0 Å². The van der Waals surface area contributed by atoms with E-state index in [1.54, 1.807) is 0 Å². The summed E-state index contributed by atoms with van der Waals surface area (Å²) in [4.78, 5) is 15.1. The van der Waals surface area contributed by atoms with Crippen molar-refractivity contribution in [3.05, 3.63) is 231 Å². The quantitative estimate of drug-likeness (QED) is 0.152. The molecule has 4 heterocycles. The minimum atomic E-state index is 0.599. The number of nitrogens with zero attached hydrogens (tertiary/aromatic N) is 8. The van der Waals surface area contributed by atoms with Crippen LogP contribution < -0.4 is 0 Å². The van der Waals surface area contributed by atoms with Crippen LogP contribution in [0.4, 0.5) is 0 Å². The molecular formula is C59H38N8. The number of hydrogen-bond donors (Lipinski definition) is 0. The van der Waals surface area contributed by atoms with Crippen molar-refractivity contribution in [3.8, 4) is 74.0 Å². The lowest BCUT2D eigenvalue weighted by Gasteiger charge is -2.13. The molecule has 0 fully saturated rings. The molecule has 0 atom stereocenters. The van der Waals surface area contributed by atoms with E-state index in [1.807, 2.05) is 66.7 Å². The van der Waals surface area contributed by atoms with Crippen LogP contribution in [0.2, 0.25) is 0 Å². The summed E-state index contributed by atoms with van der Waals surface area (Å²) in [7, 11) is 0. The third-order valence-corrected chi connectivity index (χ3v) is 12.6. The number of fused-ring (bicyclic) bond motifs is 6. The minimum absolute atomic E-state index is 0.599. The molecule has 0 unspecified atom stereocenters. The van der Waals surface area contributed by atoms with Gasteiger partial charge in [0.05, 0.1) is 22.1 Å². The molecular weight excluding hydrogens is 821 g/mol. The summed E-state index contributed by atoms with van der Waals surface area (Å²) in [6.45, 7) is 0. The Hall–Kier alpha value is -9.27. The fourth-order valence-corrected chi connectivity index (χ4v) is 9.64. The van der Waals surface area contributed by atoms with Crippen molar-refractivity contribution < 1.29 is 0 Å². The number of aromatic nitrogens is 8. The molecule has 0 amide bonds. The maximum Gasteiger partial charge on any atom is 0.169 e. The molecule has 8 nitrogen and oxygen atoms in total. The molecule has 13 rings (SSSR count). The van der Waals surface area contributed by atoms with Crippen molar-refractivity contribution in [2.45, 2.75) is 0 Å². The lowest BCUT2D eigenvalue weighted by molar-refractivity contribution is 1.07. The van der Waals surface area contributed by atoms with E-state index in [2.05, 4.69) is 177 Å². The van der Waals surface area contributed by atoms with E-state index in [0.29, 0.717) is 17.5 Å². The Morgan fingerprint density at radius 2 is 0.731 bits per heavy atom. The van der Waals surface area contributed by atoms with Crippen LogP contribution in [0.25, 0.3) is 118 Å². The standard InChI is InChI=1S/C59H38N8/c1-5-19-39(20-6-1)55-60-56(40-21-7-2-8-22-40)62-57(61-55)41-23-17-28-45(37-41)66-51-33-16-14-30-47(51)54-48(31-18-34-53(54)66)59-64-63-58(67(59)44-26-11-4-12-27-44)42-35-36-52-49(38-42)46-29-13-15-32-50(46)65(52)43-24-9-3-10-25-43/h1-38H. The first-order valence-corrected chi connectivity index (χ1v) is 22.4. The molecule has 0 aliphatic heterocycles. The monoisotopic (exact) mass is 858 g/mol. The number of benzene rings is 9. The average Bonchev–Trinajstić information content (AvgIpc) is 4.10. The van der Waals surface area contributed by atoms with E-state index >= 15 is 0 Å². The summed E-state index contributed by atoms with van der Waals surface area (Å²) < 4.78 is 6.87. The molecule has 8 heteroatoms. The van der Waals surface area contributed by atoms with Gasteiger partial charge in [-0.1, -0.05) is 158 Å². The van der Waals surface area contributed by atoms with Gasteiger partial charge >= 0.3 is 0 Å². The first-order valence-electron chi connectivity index (χ1n) is 22.4. The molecule has 67 heavy (non-hydrogen) atoms. The van der Waals surface area contributed by atoms with E-state index in [9.17, 15) is 0 Å². The van der Waals surface area contributed by atoms with Gasteiger partial charge in [0, 0.05) is 66.4 Å². The average molecular weight is 859 g/mol. The number of para-hydroxylation sites is 4. The van der Waals surface area contributed by atoms with Crippen LogP contribution >= 0.6 is 0 Å². The zero-order valence-corrected chi connectivity index (χ0v) is 36.0. The van der Waals surface area contributed by atoms with Crippen molar-refractivity contribution in [2.75, 3.05) is 0 Å². The van der Waals surface area contributed by atoms with E-state index in [0.717, 1.165) is 94.8 Å². The Kier molecular flexibility index (Phi) is 8.99. The Morgan fingerprint density at radius 3 is 1.40 bits per heavy atom. The van der Waals surface area contributed by atoms with Crippen molar-refractivity contribution in [3.63, 3.8) is 0 Å². The fourth-order valence-electron chi connectivity index (χ4n) is 9.64. The largest absolute Gasteiger partial charge is 0.309 e. The minimum Gasteiger partial charge on any atom is -0.309 e. The summed E-state index contributed by atoms with van der Waals surface area (Å²) in [5.74, 6) is 3.36. The van der Waals surface area contributed by atoms with Crippen molar-refractivity contribution in [1.29, 1.82) is 0 Å². The molecule has 0 bridgehead atoms. The van der Waals surface area contributed by atoms with Gasteiger partial charge in [0.2, 0.25) is 0 Å². The molecule has 0 saturated heterocycles. The van der Waals surface area contributed by atoms with E-state index in [1.165, 1.54) is 5.39 Å². The van der Waals surface area contributed by atoms with Crippen LogP contribution in [-0.4, -0.2) is 38.9 Å². The van der Waals surface area contributed by atoms with Gasteiger partial charge in [-0.05, 0) is 72.8 Å². The molecule has 9 aromatic carbocycles. The molecule has 4 aromatic heterocycles. The van der Waals surface area contributed by atoms with Crippen LogP contribution in [0.3, 0.4) is 0 Å². The highest BCUT2D eigenvalue weighted by atomic mass is 15.3. The third-order valence-electron chi connectivity index (χ3n) is 12.6. The van der Waals surface area contributed by atoms with Gasteiger partial charge < -0.3 is 9.13 Å². The molecule has 0 spiro atoms. The molecule has 0 saturated carbocycles. The first-order chi connectivity index (χ1) is 33.2. The summed E-state index contributed by atoms with van der Waals surface area (Å²) in [5.41, 5.74) is 12.2. The predicted octanol–water partition coefficient (Wildman–Crippen LogP) is 14.0. The van der Waals surface area contributed by atoms with Gasteiger partial charge in [0.15, 0.2) is 29.1 Å². The molecule has 0 aliphatic carbocycles. The Balaban J connectivity index is 0.987. The molecule has 13 aromatic rings. The van der Waals surface area contributed by atoms with Crippen LogP contribution in [0.1, 0.15) is 0 Å². The van der Waals surface area contributed by atoms with Gasteiger partial charge in [-0.25, -0.2) is 15.0 Å². The lowest BCUT2D eigenvalue weighted by atomic mass is 10.0. The van der Waals surface area contributed by atoms with Crippen LogP contribution in [0, 0.1) is 0 Å². The normalized spacial score (nSPS) is 11.6. The van der Waals surface area contributed by atoms with Crippen molar-refractivity contribution >= 4 is 43.6 Å². The second-order valence-electron chi connectivity index (χ2n) is 16.6. The van der Waals surface area contributed by atoms with E-state index < -0.39 is 0 Å². The van der Waals surface area contributed by atoms with Crippen molar-refractivity contribution in [1.82, 2.24) is 38.9 Å². The smallest absolute Gasteiger partial charge is 0.169 e. The maximum atomic E-state index is 5.07. The molecule has 0 radical (unpaired) electrons. The highest BCUT2D eigenvalue weighted by molar-refractivity contribution is 6.15. The summed E-state index contributed by atoms with van der Waals surface area (Å²) in [6.07, 6.45) is 0. The Morgan fingerprint density at radius 1 is 0.269 bits per heavy atom. The summed E-state index contributed by atoms with van der Waals surface area (Å²) >= 11 is 0. The van der Waals surface area contributed by atoms with E-state index in [4.69, 9.17) is 25.1 Å². The lowest BCUT2D eigenvalue weighted by Crippen LogP contribution is -2.01. The predicted molar refractivity (Wildman–Crippen MR) is 271 cm³/mol. The second kappa shape index (κ2) is 15.8. The number of rotatable bonds is 8. The fraction of sp³-hybridized carbons (Fsp3) is 0. The highest BCUT2D eigenvalue weighted by Crippen LogP contribution is 2.41. The molecule has 0 N–H and O–H groups in total. The van der Waals surface area contributed by atoms with Crippen molar-refractivity contribution in [2.24, 2.45) is 0 Å². The van der Waals surface area contributed by atoms with Crippen LogP contribution in [0.5, 0.6) is 0 Å². The third kappa shape index (κ3) is 6.42. The topological polar surface area (TPSA) is 79.2 Å². The van der Waals surface area contributed by atoms with Gasteiger partial charge in [0.1, 0.15) is 0 Å². The van der Waals surface area contributed by atoms with Gasteiger partial charge in [0.25, 0.3) is 0 Å². The molecule has 314 valence electrons.